The Kier molecular flexibility index (Phi) is 2.15. The first kappa shape index (κ1) is 7.65. The second-order valence-corrected chi connectivity index (χ2v) is 1.94. The highest BCUT2D eigenvalue weighted by molar-refractivity contribution is 5.58. The lowest BCUT2D eigenvalue weighted by atomic mass is 10.4. The molecule has 0 fully saturated rings. The molecule has 0 amide bonds. The Hall–Kier alpha value is -1.45. The fourth-order valence-electron chi connectivity index (χ4n) is 0.778. The molecule has 0 spiro atoms. The SMILES string of the molecule is COc1ccnc(OC)c1N. The van der Waals surface area contributed by atoms with Gasteiger partial charge < -0.3 is 15.2 Å². The number of hydrogen-bond donors (Lipinski definition) is 1. The minimum Gasteiger partial charge on any atom is -0.494 e. The molecule has 1 heterocycles. The number of aromatic nitrogens is 1. The maximum Gasteiger partial charge on any atom is 0.240 e. The summed E-state index contributed by atoms with van der Waals surface area (Å²) in [5.74, 6) is 0.973. The van der Waals surface area contributed by atoms with Crippen LogP contribution in [0.1, 0.15) is 0 Å². The molecular weight excluding hydrogens is 144 g/mol. The van der Waals surface area contributed by atoms with Crippen molar-refractivity contribution >= 4 is 5.69 Å². The molecule has 1 rings (SSSR count). The number of hydrogen-bond acceptors (Lipinski definition) is 4. The Morgan fingerprint density at radius 1 is 1.36 bits per heavy atom. The number of rotatable bonds is 2. The van der Waals surface area contributed by atoms with Crippen LogP contribution in [0.15, 0.2) is 12.3 Å². The van der Waals surface area contributed by atoms with Gasteiger partial charge in [0.05, 0.1) is 14.2 Å². The molecule has 0 bridgehead atoms. The molecule has 0 saturated carbocycles. The first-order chi connectivity index (χ1) is 5.29. The second-order valence-electron chi connectivity index (χ2n) is 1.94. The van der Waals surface area contributed by atoms with Gasteiger partial charge in [-0.1, -0.05) is 0 Å². The van der Waals surface area contributed by atoms with Gasteiger partial charge in [-0.15, -0.1) is 0 Å². The van der Waals surface area contributed by atoms with Crippen molar-refractivity contribution in [3.05, 3.63) is 12.3 Å². The van der Waals surface area contributed by atoms with Crippen LogP contribution in [0, 0.1) is 0 Å². The molecule has 2 N–H and O–H groups in total. The van der Waals surface area contributed by atoms with E-state index in [0.717, 1.165) is 0 Å². The van der Waals surface area contributed by atoms with Gasteiger partial charge in [0.15, 0.2) is 0 Å². The van der Waals surface area contributed by atoms with Crippen molar-refractivity contribution in [3.63, 3.8) is 0 Å². The van der Waals surface area contributed by atoms with Crippen molar-refractivity contribution in [1.29, 1.82) is 0 Å². The molecule has 1 aromatic heterocycles. The Morgan fingerprint density at radius 2 is 2.09 bits per heavy atom. The van der Waals surface area contributed by atoms with Gasteiger partial charge in [-0.3, -0.25) is 0 Å². The number of anilines is 1. The van der Waals surface area contributed by atoms with Crippen LogP contribution in [-0.2, 0) is 0 Å². The topological polar surface area (TPSA) is 57.4 Å². The van der Waals surface area contributed by atoms with Crippen molar-refractivity contribution in [1.82, 2.24) is 4.98 Å². The highest BCUT2D eigenvalue weighted by atomic mass is 16.5. The molecule has 0 atom stereocenters. The third-order valence-electron chi connectivity index (χ3n) is 1.33. The molecule has 0 aromatic carbocycles. The quantitative estimate of drug-likeness (QED) is 0.680. The average molecular weight is 154 g/mol. The van der Waals surface area contributed by atoms with Gasteiger partial charge in [-0.05, 0) is 0 Å². The van der Waals surface area contributed by atoms with Gasteiger partial charge in [0.1, 0.15) is 11.4 Å². The summed E-state index contributed by atoms with van der Waals surface area (Å²) in [6, 6.07) is 1.68. The lowest BCUT2D eigenvalue weighted by molar-refractivity contribution is 0.386. The maximum atomic E-state index is 5.59. The number of ether oxygens (including phenoxy) is 2. The molecule has 0 unspecified atom stereocenters. The standard InChI is InChI=1S/C7H10N2O2/c1-10-5-3-4-9-7(11-2)6(5)8/h3-4H,8H2,1-2H3. The van der Waals surface area contributed by atoms with Gasteiger partial charge in [0.25, 0.3) is 0 Å². The van der Waals surface area contributed by atoms with Gasteiger partial charge in [0.2, 0.25) is 5.88 Å². The monoisotopic (exact) mass is 154 g/mol. The van der Waals surface area contributed by atoms with E-state index in [2.05, 4.69) is 4.98 Å². The van der Waals surface area contributed by atoms with E-state index in [4.69, 9.17) is 15.2 Å². The summed E-state index contributed by atoms with van der Waals surface area (Å²) in [5, 5.41) is 0. The number of nitrogens with two attached hydrogens (primary N) is 1. The van der Waals surface area contributed by atoms with Crippen LogP contribution in [0.3, 0.4) is 0 Å². The largest absolute Gasteiger partial charge is 0.494 e. The van der Waals surface area contributed by atoms with Crippen molar-refractivity contribution in [2.45, 2.75) is 0 Å². The average Bonchev–Trinajstić information content (AvgIpc) is 2.05. The highest BCUT2D eigenvalue weighted by Gasteiger charge is 2.04. The molecule has 60 valence electrons. The molecule has 4 nitrogen and oxygen atoms in total. The molecule has 0 aliphatic heterocycles. The zero-order valence-electron chi connectivity index (χ0n) is 6.50. The lowest BCUT2D eigenvalue weighted by Gasteiger charge is -2.06. The van der Waals surface area contributed by atoms with Crippen LogP contribution in [0.4, 0.5) is 5.69 Å². The third-order valence-corrected chi connectivity index (χ3v) is 1.33. The smallest absolute Gasteiger partial charge is 0.240 e. The maximum absolute atomic E-state index is 5.59. The van der Waals surface area contributed by atoms with E-state index >= 15 is 0 Å². The van der Waals surface area contributed by atoms with Crippen LogP contribution < -0.4 is 15.2 Å². The van der Waals surface area contributed by atoms with Gasteiger partial charge in [-0.2, -0.15) is 0 Å². The first-order valence-electron chi connectivity index (χ1n) is 3.12. The van der Waals surface area contributed by atoms with Gasteiger partial charge in [-0.25, -0.2) is 4.98 Å². The summed E-state index contributed by atoms with van der Waals surface area (Å²) >= 11 is 0. The predicted molar refractivity (Wildman–Crippen MR) is 41.8 cm³/mol. The Balaban J connectivity index is 3.10. The normalized spacial score (nSPS) is 9.27. The number of nitrogen functional groups attached to an aromatic ring is 1. The zero-order chi connectivity index (χ0) is 8.27. The summed E-state index contributed by atoms with van der Waals surface area (Å²) in [6.07, 6.45) is 1.58. The van der Waals surface area contributed by atoms with Crippen molar-refractivity contribution < 1.29 is 9.47 Å². The summed E-state index contributed by atoms with van der Waals surface area (Å²) in [4.78, 5) is 3.88. The van der Waals surface area contributed by atoms with Crippen molar-refractivity contribution in [3.8, 4) is 11.6 Å². The molecule has 1 aromatic rings. The minimum absolute atomic E-state index is 0.393. The molecule has 0 radical (unpaired) electrons. The van der Waals surface area contributed by atoms with Crippen LogP contribution in [0.25, 0.3) is 0 Å². The third kappa shape index (κ3) is 1.34. The lowest BCUT2D eigenvalue weighted by Crippen LogP contribution is -1.97. The Bertz CT molecular complexity index is 228. The molecule has 11 heavy (non-hydrogen) atoms. The Morgan fingerprint density at radius 3 is 2.64 bits per heavy atom. The van der Waals surface area contributed by atoms with Crippen LogP contribution in [0.5, 0.6) is 11.6 Å². The van der Waals surface area contributed by atoms with E-state index in [1.807, 2.05) is 0 Å². The van der Waals surface area contributed by atoms with Gasteiger partial charge in [0, 0.05) is 12.3 Å². The van der Waals surface area contributed by atoms with E-state index in [1.165, 1.54) is 7.11 Å². The van der Waals surface area contributed by atoms with Crippen molar-refractivity contribution in [2.24, 2.45) is 0 Å². The van der Waals surface area contributed by atoms with E-state index < -0.39 is 0 Å². The highest BCUT2D eigenvalue weighted by Crippen LogP contribution is 2.27. The van der Waals surface area contributed by atoms with Crippen molar-refractivity contribution in [2.75, 3.05) is 20.0 Å². The van der Waals surface area contributed by atoms with Gasteiger partial charge >= 0.3 is 0 Å². The van der Waals surface area contributed by atoms with Crippen LogP contribution in [-0.4, -0.2) is 19.2 Å². The molecule has 4 heteroatoms. The summed E-state index contributed by atoms with van der Waals surface area (Å²) in [5.41, 5.74) is 6.02. The fraction of sp³-hybridized carbons (Fsp3) is 0.286. The molecule has 0 aliphatic rings. The summed E-state index contributed by atoms with van der Waals surface area (Å²) < 4.78 is 9.81. The van der Waals surface area contributed by atoms with E-state index in [1.54, 1.807) is 19.4 Å². The van der Waals surface area contributed by atoms with Crippen LogP contribution in [0.2, 0.25) is 0 Å². The molecular formula is C7H10N2O2. The number of nitrogens with zero attached hydrogens (tertiary/aromatic N) is 1. The summed E-state index contributed by atoms with van der Waals surface area (Å²) in [6.45, 7) is 0. The van der Waals surface area contributed by atoms with Crippen LogP contribution >= 0.6 is 0 Å². The number of pyridine rings is 1. The predicted octanol–water partition coefficient (Wildman–Crippen LogP) is 0.681. The molecule has 0 saturated heterocycles. The Labute approximate surface area is 64.9 Å². The van der Waals surface area contributed by atoms with E-state index in [9.17, 15) is 0 Å². The summed E-state index contributed by atoms with van der Waals surface area (Å²) in [7, 11) is 3.06. The fourth-order valence-corrected chi connectivity index (χ4v) is 0.778. The number of methoxy groups -OCH3 is 2. The van der Waals surface area contributed by atoms with E-state index in [-0.39, 0.29) is 0 Å². The first-order valence-corrected chi connectivity index (χ1v) is 3.12. The van der Waals surface area contributed by atoms with E-state index in [0.29, 0.717) is 17.3 Å². The molecule has 0 aliphatic carbocycles. The zero-order valence-corrected chi connectivity index (χ0v) is 6.50. The minimum atomic E-state index is 0.393. The second kappa shape index (κ2) is 3.09.